The Balaban J connectivity index is 1.10. The van der Waals surface area contributed by atoms with Crippen molar-refractivity contribution in [2.24, 2.45) is 0 Å². The second-order valence-corrected chi connectivity index (χ2v) is 15.3. The molecule has 0 aliphatic heterocycles. The van der Waals surface area contributed by atoms with Gasteiger partial charge in [-0.25, -0.2) is 15.0 Å². The summed E-state index contributed by atoms with van der Waals surface area (Å²) in [5.41, 5.74) is 10.7. The van der Waals surface area contributed by atoms with Crippen LogP contribution < -0.4 is 0 Å². The van der Waals surface area contributed by atoms with Gasteiger partial charge in [-0.3, -0.25) is 0 Å². The molecular formula is C51H29N3O2S. The summed E-state index contributed by atoms with van der Waals surface area (Å²) in [6.45, 7) is 0. The Labute approximate surface area is 330 Å². The Morgan fingerprint density at radius 2 is 0.789 bits per heavy atom. The first kappa shape index (κ1) is 31.9. The van der Waals surface area contributed by atoms with Crippen LogP contribution in [-0.4, -0.2) is 15.0 Å². The number of fused-ring (bicyclic) bond motifs is 9. The van der Waals surface area contributed by atoms with E-state index in [1.165, 1.54) is 10.1 Å². The lowest BCUT2D eigenvalue weighted by atomic mass is 9.91. The van der Waals surface area contributed by atoms with Crippen molar-refractivity contribution >= 4 is 75.4 Å². The zero-order valence-corrected chi connectivity index (χ0v) is 31.1. The molecule has 0 saturated heterocycles. The van der Waals surface area contributed by atoms with Gasteiger partial charge in [-0.2, -0.15) is 0 Å². The molecule has 0 unspecified atom stereocenters. The fourth-order valence-corrected chi connectivity index (χ4v) is 9.72. The average Bonchev–Trinajstić information content (AvgIpc) is 3.98. The number of hydrogen-bond acceptors (Lipinski definition) is 6. The van der Waals surface area contributed by atoms with E-state index in [9.17, 15) is 0 Å². The second kappa shape index (κ2) is 12.6. The number of rotatable bonds is 5. The van der Waals surface area contributed by atoms with Gasteiger partial charge in [0.1, 0.15) is 22.3 Å². The SMILES string of the molecule is c1ccc(-c2nc(-c3ccccc3)nc(-c3cccc4c3sc3c(-c5cc(-c6cccc7oc8ccccc8c67)c6c(c5)oc5ccccc56)cccc34)n2)cc1. The minimum Gasteiger partial charge on any atom is -0.456 e. The van der Waals surface area contributed by atoms with E-state index in [0.29, 0.717) is 17.5 Å². The zero-order valence-electron chi connectivity index (χ0n) is 30.3. The van der Waals surface area contributed by atoms with E-state index in [1.807, 2.05) is 78.9 Å². The Kier molecular flexibility index (Phi) is 7.03. The third-order valence-corrected chi connectivity index (χ3v) is 12.2. The third-order valence-electron chi connectivity index (χ3n) is 10.9. The molecule has 4 heterocycles. The molecule has 6 heteroatoms. The molecular weight excluding hydrogens is 719 g/mol. The van der Waals surface area contributed by atoms with Crippen molar-refractivity contribution in [2.45, 2.75) is 0 Å². The molecule has 0 bridgehead atoms. The van der Waals surface area contributed by atoms with Crippen molar-refractivity contribution in [3.05, 3.63) is 176 Å². The molecule has 0 aliphatic rings. The maximum atomic E-state index is 6.66. The predicted octanol–water partition coefficient (Wildman–Crippen LogP) is 14.4. The molecule has 8 aromatic carbocycles. The zero-order chi connectivity index (χ0) is 37.5. The third kappa shape index (κ3) is 5.04. The molecule has 0 amide bonds. The lowest BCUT2D eigenvalue weighted by Crippen LogP contribution is -2.00. The van der Waals surface area contributed by atoms with Crippen LogP contribution in [0, 0.1) is 0 Å². The summed E-state index contributed by atoms with van der Waals surface area (Å²) in [5, 5.41) is 6.73. The van der Waals surface area contributed by atoms with Crippen LogP contribution >= 0.6 is 11.3 Å². The van der Waals surface area contributed by atoms with E-state index in [2.05, 4.69) is 97.1 Å². The number of benzene rings is 8. The molecule has 57 heavy (non-hydrogen) atoms. The molecule has 266 valence electrons. The number of para-hydroxylation sites is 2. The number of hydrogen-bond donors (Lipinski definition) is 0. The van der Waals surface area contributed by atoms with Crippen molar-refractivity contribution in [1.82, 2.24) is 15.0 Å². The van der Waals surface area contributed by atoms with Gasteiger partial charge in [0.2, 0.25) is 0 Å². The van der Waals surface area contributed by atoms with Gasteiger partial charge in [0, 0.05) is 58.4 Å². The van der Waals surface area contributed by atoms with Gasteiger partial charge in [-0.05, 0) is 58.7 Å². The maximum Gasteiger partial charge on any atom is 0.165 e. The molecule has 0 radical (unpaired) electrons. The van der Waals surface area contributed by atoms with Crippen LogP contribution in [0.4, 0.5) is 0 Å². The quantitative estimate of drug-likeness (QED) is 0.175. The first-order chi connectivity index (χ1) is 28.2. The topological polar surface area (TPSA) is 65.0 Å². The summed E-state index contributed by atoms with van der Waals surface area (Å²) in [4.78, 5) is 15.2. The second-order valence-electron chi connectivity index (χ2n) is 14.3. The number of aromatic nitrogens is 3. The van der Waals surface area contributed by atoms with E-state index >= 15 is 0 Å². The van der Waals surface area contributed by atoms with Gasteiger partial charge < -0.3 is 8.83 Å². The van der Waals surface area contributed by atoms with E-state index in [1.54, 1.807) is 11.3 Å². The molecule has 0 saturated carbocycles. The minimum atomic E-state index is 0.644. The molecule has 0 spiro atoms. The maximum absolute atomic E-state index is 6.66. The van der Waals surface area contributed by atoms with Crippen LogP contribution in [0.3, 0.4) is 0 Å². The van der Waals surface area contributed by atoms with Gasteiger partial charge in [0.25, 0.3) is 0 Å². The molecule has 4 aromatic heterocycles. The standard InChI is InChI=1S/C51H29N3O2S/c1-3-14-30(15-4-1)49-52-50(31-16-5-2-6-17-31)54-51(53-49)39-24-12-23-36-35-22-11-20-33(47(35)57-48(36)39)32-28-40(46-38-19-8-10-26-42(38)56-44(46)29-32)34-21-13-27-43-45(34)37-18-7-9-25-41(37)55-43/h1-29H. The Morgan fingerprint density at radius 1 is 0.316 bits per heavy atom. The molecule has 0 N–H and O–H groups in total. The average molecular weight is 748 g/mol. The van der Waals surface area contributed by atoms with Crippen LogP contribution in [0.15, 0.2) is 185 Å². The largest absolute Gasteiger partial charge is 0.456 e. The van der Waals surface area contributed by atoms with Crippen molar-refractivity contribution in [1.29, 1.82) is 0 Å². The highest BCUT2D eigenvalue weighted by Gasteiger charge is 2.22. The van der Waals surface area contributed by atoms with E-state index in [0.717, 1.165) is 92.9 Å². The van der Waals surface area contributed by atoms with Crippen LogP contribution in [-0.2, 0) is 0 Å². The summed E-state index contributed by atoms with van der Waals surface area (Å²) in [6, 6.07) is 60.8. The Bertz CT molecular complexity index is 3470. The fourth-order valence-electron chi connectivity index (χ4n) is 8.37. The molecule has 12 rings (SSSR count). The van der Waals surface area contributed by atoms with Gasteiger partial charge in [0.05, 0.1) is 0 Å². The lowest BCUT2D eigenvalue weighted by molar-refractivity contribution is 0.668. The molecule has 5 nitrogen and oxygen atoms in total. The first-order valence-electron chi connectivity index (χ1n) is 18.9. The molecule has 0 fully saturated rings. The highest BCUT2D eigenvalue weighted by molar-refractivity contribution is 7.26. The minimum absolute atomic E-state index is 0.644. The van der Waals surface area contributed by atoms with Crippen molar-refractivity contribution in [3.8, 4) is 56.4 Å². The summed E-state index contributed by atoms with van der Waals surface area (Å²) in [6.07, 6.45) is 0. The van der Waals surface area contributed by atoms with Gasteiger partial charge >= 0.3 is 0 Å². The molecule has 0 aliphatic carbocycles. The summed E-state index contributed by atoms with van der Waals surface area (Å²) in [7, 11) is 0. The Morgan fingerprint density at radius 3 is 1.46 bits per heavy atom. The van der Waals surface area contributed by atoms with E-state index in [-0.39, 0.29) is 0 Å². The molecule has 12 aromatic rings. The van der Waals surface area contributed by atoms with Crippen LogP contribution in [0.1, 0.15) is 0 Å². The van der Waals surface area contributed by atoms with Crippen molar-refractivity contribution < 1.29 is 8.83 Å². The van der Waals surface area contributed by atoms with Crippen LogP contribution in [0.25, 0.3) is 120 Å². The van der Waals surface area contributed by atoms with Crippen molar-refractivity contribution in [3.63, 3.8) is 0 Å². The fraction of sp³-hybridized carbons (Fsp3) is 0. The summed E-state index contributed by atoms with van der Waals surface area (Å²) >= 11 is 1.78. The number of furan rings is 2. The van der Waals surface area contributed by atoms with Gasteiger partial charge in [-0.15, -0.1) is 11.3 Å². The molecule has 0 atom stereocenters. The number of thiophene rings is 1. The highest BCUT2D eigenvalue weighted by atomic mass is 32.1. The normalized spacial score (nSPS) is 11.9. The predicted molar refractivity (Wildman–Crippen MR) is 234 cm³/mol. The monoisotopic (exact) mass is 747 g/mol. The summed E-state index contributed by atoms with van der Waals surface area (Å²) in [5.74, 6) is 1.93. The summed E-state index contributed by atoms with van der Waals surface area (Å²) < 4.78 is 15.4. The van der Waals surface area contributed by atoms with Gasteiger partial charge in [0.15, 0.2) is 17.5 Å². The van der Waals surface area contributed by atoms with Gasteiger partial charge in [-0.1, -0.05) is 140 Å². The lowest BCUT2D eigenvalue weighted by Gasteiger charge is -2.11. The van der Waals surface area contributed by atoms with E-state index < -0.39 is 0 Å². The van der Waals surface area contributed by atoms with Crippen LogP contribution in [0.5, 0.6) is 0 Å². The smallest absolute Gasteiger partial charge is 0.165 e. The number of nitrogens with zero attached hydrogens (tertiary/aromatic N) is 3. The van der Waals surface area contributed by atoms with Crippen LogP contribution in [0.2, 0.25) is 0 Å². The highest BCUT2D eigenvalue weighted by Crippen LogP contribution is 2.48. The Hall–Kier alpha value is -7.41. The van der Waals surface area contributed by atoms with Crippen molar-refractivity contribution in [2.75, 3.05) is 0 Å². The van der Waals surface area contributed by atoms with E-state index in [4.69, 9.17) is 23.8 Å². The first-order valence-corrected chi connectivity index (χ1v) is 19.7.